The molecule has 0 N–H and O–H groups in total. The molecule has 0 aromatic carbocycles. The summed E-state index contributed by atoms with van der Waals surface area (Å²) in [5.74, 6) is 1.41. The predicted molar refractivity (Wildman–Crippen MR) is 55.1 cm³/mol. The van der Waals surface area contributed by atoms with Crippen molar-refractivity contribution in [1.82, 2.24) is 0 Å². The monoisotopic (exact) mass is 179 g/mol. The van der Waals surface area contributed by atoms with Crippen LogP contribution in [0.4, 0.5) is 0 Å². The normalized spacial score (nSPS) is 34.5. The van der Waals surface area contributed by atoms with Gasteiger partial charge in [-0.3, -0.25) is 0 Å². The fourth-order valence-corrected chi connectivity index (χ4v) is 2.77. The minimum Gasteiger partial charge on any atom is -0.198 e. The lowest BCUT2D eigenvalue weighted by Crippen LogP contribution is -2.27. The summed E-state index contributed by atoms with van der Waals surface area (Å²) in [5.41, 5.74) is 0.0197. The minimum absolute atomic E-state index is 0.0197. The Bertz CT molecular complexity index is 198. The molecule has 0 amide bonds. The van der Waals surface area contributed by atoms with Gasteiger partial charge >= 0.3 is 0 Å². The smallest absolute Gasteiger partial charge is 0.0689 e. The van der Waals surface area contributed by atoms with Crippen LogP contribution in [0.5, 0.6) is 0 Å². The molecule has 2 unspecified atom stereocenters. The molecule has 1 aliphatic carbocycles. The third-order valence-corrected chi connectivity index (χ3v) is 3.13. The van der Waals surface area contributed by atoms with Gasteiger partial charge in [-0.1, -0.05) is 33.6 Å². The number of hydrogen-bond acceptors (Lipinski definition) is 1. The lowest BCUT2D eigenvalue weighted by Gasteiger charge is -2.35. The van der Waals surface area contributed by atoms with Crippen molar-refractivity contribution < 1.29 is 0 Å². The number of nitrogens with zero attached hydrogens (tertiary/aromatic N) is 1. The summed E-state index contributed by atoms with van der Waals surface area (Å²) in [4.78, 5) is 0. The van der Waals surface area contributed by atoms with E-state index in [0.29, 0.717) is 5.92 Å². The van der Waals surface area contributed by atoms with E-state index < -0.39 is 0 Å². The fraction of sp³-hybridized carbons (Fsp3) is 0.917. The van der Waals surface area contributed by atoms with E-state index in [1.807, 2.05) is 0 Å². The maximum absolute atomic E-state index is 9.26. The molecule has 1 heteroatoms. The summed E-state index contributed by atoms with van der Waals surface area (Å²) in [5, 5.41) is 9.26. The Hall–Kier alpha value is -0.510. The Morgan fingerprint density at radius 3 is 2.69 bits per heavy atom. The molecule has 0 saturated heterocycles. The summed E-state index contributed by atoms with van der Waals surface area (Å²) in [7, 11) is 0. The maximum atomic E-state index is 9.26. The highest BCUT2D eigenvalue weighted by molar-refractivity contribution is 5.01. The molecule has 1 nitrogen and oxygen atoms in total. The van der Waals surface area contributed by atoms with Gasteiger partial charge in [-0.05, 0) is 31.1 Å². The van der Waals surface area contributed by atoms with Crippen LogP contribution in [-0.4, -0.2) is 0 Å². The van der Waals surface area contributed by atoms with Crippen LogP contribution in [0.3, 0.4) is 0 Å². The van der Waals surface area contributed by atoms with Crippen LogP contribution >= 0.6 is 0 Å². The van der Waals surface area contributed by atoms with Crippen molar-refractivity contribution in [2.24, 2.45) is 17.3 Å². The molecule has 0 bridgehead atoms. The zero-order valence-electron chi connectivity index (χ0n) is 9.14. The van der Waals surface area contributed by atoms with E-state index in [0.717, 1.165) is 25.2 Å². The zero-order valence-corrected chi connectivity index (χ0v) is 9.14. The highest BCUT2D eigenvalue weighted by atomic mass is 14.4. The van der Waals surface area contributed by atoms with Gasteiger partial charge in [0.2, 0.25) is 0 Å². The third-order valence-electron chi connectivity index (χ3n) is 3.13. The Kier molecular flexibility index (Phi) is 3.36. The van der Waals surface area contributed by atoms with Gasteiger partial charge in [-0.15, -0.1) is 0 Å². The van der Waals surface area contributed by atoms with Crippen LogP contribution in [0, 0.1) is 28.6 Å². The van der Waals surface area contributed by atoms with Crippen LogP contribution in [-0.2, 0) is 0 Å². The van der Waals surface area contributed by atoms with Gasteiger partial charge in [0.1, 0.15) is 0 Å². The quantitative estimate of drug-likeness (QED) is 0.633. The Balaban J connectivity index is 2.63. The van der Waals surface area contributed by atoms with Crippen LogP contribution in [0.25, 0.3) is 0 Å². The molecule has 74 valence electrons. The molecular formula is C12H21N. The predicted octanol–water partition coefficient (Wildman–Crippen LogP) is 3.75. The Labute approximate surface area is 82.1 Å². The van der Waals surface area contributed by atoms with Crippen molar-refractivity contribution in [2.45, 2.75) is 52.9 Å². The Morgan fingerprint density at radius 1 is 1.54 bits per heavy atom. The second-order valence-corrected chi connectivity index (χ2v) is 5.19. The molecule has 0 aromatic heterocycles. The summed E-state index contributed by atoms with van der Waals surface area (Å²) in [6.45, 7) is 6.72. The molecule has 0 heterocycles. The van der Waals surface area contributed by atoms with Crippen molar-refractivity contribution in [1.29, 1.82) is 5.26 Å². The molecular weight excluding hydrogens is 158 g/mol. The van der Waals surface area contributed by atoms with Gasteiger partial charge in [-0.2, -0.15) is 5.26 Å². The van der Waals surface area contributed by atoms with E-state index >= 15 is 0 Å². The standard InChI is InChI=1S/C12H21N/c1-10(2)7-12(9-13)6-4-5-11(3)8-12/h10-11H,4-8H2,1-3H3. The molecule has 1 saturated carbocycles. The largest absolute Gasteiger partial charge is 0.198 e. The highest BCUT2D eigenvalue weighted by Crippen LogP contribution is 2.43. The SMILES string of the molecule is CC(C)CC1(C#N)CCCC(C)C1. The van der Waals surface area contributed by atoms with Crippen LogP contribution < -0.4 is 0 Å². The van der Waals surface area contributed by atoms with E-state index in [1.54, 1.807) is 0 Å². The lowest BCUT2D eigenvalue weighted by atomic mass is 9.67. The van der Waals surface area contributed by atoms with Gasteiger partial charge in [0.25, 0.3) is 0 Å². The topological polar surface area (TPSA) is 23.8 Å². The molecule has 1 aliphatic rings. The first kappa shape index (κ1) is 10.6. The summed E-state index contributed by atoms with van der Waals surface area (Å²) >= 11 is 0. The van der Waals surface area contributed by atoms with Gasteiger partial charge in [-0.25, -0.2) is 0 Å². The van der Waals surface area contributed by atoms with Crippen LogP contribution in [0.1, 0.15) is 52.9 Å². The molecule has 1 fully saturated rings. The first-order valence-electron chi connectivity index (χ1n) is 5.49. The maximum Gasteiger partial charge on any atom is 0.0689 e. The molecule has 0 aliphatic heterocycles. The number of rotatable bonds is 2. The van der Waals surface area contributed by atoms with E-state index in [9.17, 15) is 5.26 Å². The number of hydrogen-bond donors (Lipinski definition) is 0. The van der Waals surface area contributed by atoms with E-state index in [4.69, 9.17) is 0 Å². The van der Waals surface area contributed by atoms with Crippen molar-refractivity contribution in [3.63, 3.8) is 0 Å². The molecule has 13 heavy (non-hydrogen) atoms. The van der Waals surface area contributed by atoms with E-state index in [1.165, 1.54) is 12.8 Å². The molecule has 0 aromatic rings. The average Bonchev–Trinajstić information content (AvgIpc) is 2.03. The zero-order chi connectivity index (χ0) is 9.90. The van der Waals surface area contributed by atoms with Gasteiger partial charge in [0.15, 0.2) is 0 Å². The highest BCUT2D eigenvalue weighted by Gasteiger charge is 2.35. The van der Waals surface area contributed by atoms with Crippen molar-refractivity contribution in [3.8, 4) is 6.07 Å². The second kappa shape index (κ2) is 4.13. The first-order chi connectivity index (χ1) is 6.08. The number of nitriles is 1. The fourth-order valence-electron chi connectivity index (χ4n) is 2.77. The molecule has 1 rings (SSSR count). The summed E-state index contributed by atoms with van der Waals surface area (Å²) in [6, 6.07) is 2.58. The minimum atomic E-state index is 0.0197. The molecule has 0 spiro atoms. The van der Waals surface area contributed by atoms with Crippen LogP contribution in [0.15, 0.2) is 0 Å². The van der Waals surface area contributed by atoms with Crippen LogP contribution in [0.2, 0.25) is 0 Å². The first-order valence-corrected chi connectivity index (χ1v) is 5.49. The lowest BCUT2D eigenvalue weighted by molar-refractivity contribution is 0.177. The Morgan fingerprint density at radius 2 is 2.23 bits per heavy atom. The average molecular weight is 179 g/mol. The van der Waals surface area contributed by atoms with Crippen molar-refractivity contribution in [2.75, 3.05) is 0 Å². The van der Waals surface area contributed by atoms with Crippen molar-refractivity contribution in [3.05, 3.63) is 0 Å². The van der Waals surface area contributed by atoms with E-state index in [2.05, 4.69) is 26.8 Å². The summed E-state index contributed by atoms with van der Waals surface area (Å²) < 4.78 is 0. The van der Waals surface area contributed by atoms with Gasteiger partial charge in [0.05, 0.1) is 11.5 Å². The van der Waals surface area contributed by atoms with Gasteiger partial charge < -0.3 is 0 Å². The van der Waals surface area contributed by atoms with Gasteiger partial charge in [0, 0.05) is 0 Å². The van der Waals surface area contributed by atoms with E-state index in [-0.39, 0.29) is 5.41 Å². The summed E-state index contributed by atoms with van der Waals surface area (Å²) in [6.07, 6.45) is 5.92. The molecule has 2 atom stereocenters. The second-order valence-electron chi connectivity index (χ2n) is 5.19. The van der Waals surface area contributed by atoms with Crippen molar-refractivity contribution >= 4 is 0 Å². The third kappa shape index (κ3) is 2.72. The molecule has 0 radical (unpaired) electrons.